The molecule has 7 nitrogen and oxygen atoms in total. The van der Waals surface area contributed by atoms with Gasteiger partial charge in [0.1, 0.15) is 5.60 Å². The number of thioether (sulfide) groups is 1. The fraction of sp³-hybridized carbons (Fsp3) is 0.522. The first-order valence-corrected chi connectivity index (χ1v) is 11.5. The molecule has 1 aromatic rings. The second-order valence-electron chi connectivity index (χ2n) is 9.12. The lowest BCUT2D eigenvalue weighted by Gasteiger charge is -2.30. The van der Waals surface area contributed by atoms with Gasteiger partial charge >= 0.3 is 18.0 Å². The number of nitrogens with one attached hydrogen (secondary N) is 1. The van der Waals surface area contributed by atoms with Gasteiger partial charge in [0.2, 0.25) is 0 Å². The van der Waals surface area contributed by atoms with E-state index in [4.69, 9.17) is 14.2 Å². The largest absolute Gasteiger partial charge is 0.444 e. The fourth-order valence-corrected chi connectivity index (χ4v) is 4.50. The van der Waals surface area contributed by atoms with Crippen LogP contribution in [0.1, 0.15) is 63.6 Å². The van der Waals surface area contributed by atoms with Gasteiger partial charge in [0, 0.05) is 31.2 Å². The lowest BCUT2D eigenvalue weighted by molar-refractivity contribution is -0.222. The fourth-order valence-electron chi connectivity index (χ4n) is 3.76. The van der Waals surface area contributed by atoms with E-state index in [2.05, 4.69) is 5.32 Å². The SMILES string of the molecule is CSC(=C1C(=O)OC(C)(C)OC1=O)c1ccc2c(c1)C(CNC(=O)OC(C)(C)C)CC2. The van der Waals surface area contributed by atoms with Crippen LogP contribution in [-0.4, -0.2) is 42.2 Å². The van der Waals surface area contributed by atoms with Crippen molar-refractivity contribution in [2.45, 2.75) is 64.8 Å². The molecule has 0 bridgehead atoms. The maximum absolute atomic E-state index is 12.5. The van der Waals surface area contributed by atoms with Gasteiger partial charge in [0.05, 0.1) is 0 Å². The highest BCUT2D eigenvalue weighted by Crippen LogP contribution is 2.39. The molecule has 1 amide bonds. The minimum absolute atomic E-state index is 0.0896. The molecular formula is C23H29NO6S. The molecule has 1 saturated heterocycles. The number of hydrogen-bond donors (Lipinski definition) is 1. The highest BCUT2D eigenvalue weighted by atomic mass is 32.2. The van der Waals surface area contributed by atoms with Gasteiger partial charge in [0.25, 0.3) is 5.79 Å². The molecule has 168 valence electrons. The predicted molar refractivity (Wildman–Crippen MR) is 118 cm³/mol. The molecule has 31 heavy (non-hydrogen) atoms. The molecule has 1 N–H and O–H groups in total. The number of esters is 2. The standard InChI is InChI=1S/C23H29NO6S/c1-22(2,3)30-21(27)24-12-15-10-8-13-7-9-14(11-16(13)15)18(31-6)17-19(25)28-23(4,5)29-20(17)26/h7,9,11,15H,8,10,12H2,1-6H3,(H,24,27). The van der Waals surface area contributed by atoms with E-state index in [9.17, 15) is 14.4 Å². The van der Waals surface area contributed by atoms with Crippen molar-refractivity contribution in [3.8, 4) is 0 Å². The zero-order valence-electron chi connectivity index (χ0n) is 18.8. The second kappa shape index (κ2) is 8.57. The smallest absolute Gasteiger partial charge is 0.407 e. The number of cyclic esters (lactones) is 2. The van der Waals surface area contributed by atoms with Crippen LogP contribution >= 0.6 is 11.8 Å². The molecule has 8 heteroatoms. The molecule has 0 saturated carbocycles. The quantitative estimate of drug-likeness (QED) is 0.421. The Morgan fingerprint density at radius 3 is 2.45 bits per heavy atom. The number of benzene rings is 1. The summed E-state index contributed by atoms with van der Waals surface area (Å²) in [5, 5.41) is 2.84. The predicted octanol–water partition coefficient (Wildman–Crippen LogP) is 4.15. The Kier molecular flexibility index (Phi) is 6.41. The Labute approximate surface area is 186 Å². The van der Waals surface area contributed by atoms with E-state index in [0.29, 0.717) is 11.4 Å². The van der Waals surface area contributed by atoms with Crippen molar-refractivity contribution in [2.75, 3.05) is 12.8 Å². The normalized spacial score (nSPS) is 19.9. The molecule has 1 aliphatic heterocycles. The molecule has 2 aliphatic rings. The maximum Gasteiger partial charge on any atom is 0.407 e. The van der Waals surface area contributed by atoms with E-state index >= 15 is 0 Å². The van der Waals surface area contributed by atoms with Gasteiger partial charge in [-0.05, 0) is 62.6 Å². The number of ether oxygens (including phenoxy) is 3. The van der Waals surface area contributed by atoms with E-state index < -0.39 is 29.4 Å². The number of rotatable bonds is 4. The summed E-state index contributed by atoms with van der Waals surface area (Å²) in [5.41, 5.74) is 2.40. The Morgan fingerprint density at radius 1 is 1.23 bits per heavy atom. The van der Waals surface area contributed by atoms with Gasteiger partial charge < -0.3 is 19.5 Å². The van der Waals surface area contributed by atoms with E-state index in [-0.39, 0.29) is 11.5 Å². The molecule has 1 aliphatic carbocycles. The first-order valence-electron chi connectivity index (χ1n) is 10.2. The van der Waals surface area contributed by atoms with Gasteiger partial charge in [-0.3, -0.25) is 0 Å². The van der Waals surface area contributed by atoms with Crippen molar-refractivity contribution < 1.29 is 28.6 Å². The zero-order valence-corrected chi connectivity index (χ0v) is 19.6. The van der Waals surface area contributed by atoms with E-state index in [1.807, 2.05) is 39.0 Å². The molecule has 1 atom stereocenters. The monoisotopic (exact) mass is 447 g/mol. The van der Waals surface area contributed by atoms with Crippen LogP contribution in [0.25, 0.3) is 4.91 Å². The summed E-state index contributed by atoms with van der Waals surface area (Å²) in [6.07, 6.45) is 3.16. The average molecular weight is 448 g/mol. The Hall–Kier alpha value is -2.48. The summed E-state index contributed by atoms with van der Waals surface area (Å²) in [7, 11) is 0. The number of aryl methyl sites for hydroxylation is 1. The van der Waals surface area contributed by atoms with Crippen LogP contribution in [0.2, 0.25) is 0 Å². The lowest BCUT2D eigenvalue weighted by atomic mass is 9.98. The topological polar surface area (TPSA) is 90.9 Å². The molecule has 3 rings (SSSR count). The van der Waals surface area contributed by atoms with E-state index in [0.717, 1.165) is 24.0 Å². The van der Waals surface area contributed by atoms with Crippen LogP contribution in [0.5, 0.6) is 0 Å². The number of hydrogen-bond acceptors (Lipinski definition) is 7. The third-order valence-electron chi connectivity index (χ3n) is 5.02. The minimum Gasteiger partial charge on any atom is -0.444 e. The number of amides is 1. The van der Waals surface area contributed by atoms with Crippen LogP contribution in [-0.2, 0) is 30.2 Å². The van der Waals surface area contributed by atoms with E-state index in [1.54, 1.807) is 6.26 Å². The van der Waals surface area contributed by atoms with Crippen molar-refractivity contribution in [1.29, 1.82) is 0 Å². The van der Waals surface area contributed by atoms with Crippen molar-refractivity contribution >= 4 is 34.7 Å². The summed E-state index contributed by atoms with van der Waals surface area (Å²) in [4.78, 5) is 37.6. The minimum atomic E-state index is -1.28. The molecule has 0 spiro atoms. The summed E-state index contributed by atoms with van der Waals surface area (Å²) in [5.74, 6) is -2.53. The molecule has 0 radical (unpaired) electrons. The van der Waals surface area contributed by atoms with Gasteiger partial charge in [-0.15, -0.1) is 11.8 Å². The van der Waals surface area contributed by atoms with Gasteiger partial charge in [-0.2, -0.15) is 0 Å². The average Bonchev–Trinajstić information content (AvgIpc) is 3.03. The van der Waals surface area contributed by atoms with Crippen LogP contribution < -0.4 is 5.32 Å². The van der Waals surface area contributed by atoms with E-state index in [1.165, 1.54) is 31.2 Å². The number of alkyl carbamates (subject to hydrolysis) is 1. The first-order chi connectivity index (χ1) is 14.4. The molecular weight excluding hydrogens is 418 g/mol. The van der Waals surface area contributed by atoms with Crippen LogP contribution in [0.15, 0.2) is 23.8 Å². The third kappa shape index (κ3) is 5.42. The number of carbonyl (C=O) groups is 3. The van der Waals surface area contributed by atoms with Gasteiger partial charge in [-0.25, -0.2) is 14.4 Å². The van der Waals surface area contributed by atoms with Crippen molar-refractivity contribution in [3.63, 3.8) is 0 Å². The number of carbonyl (C=O) groups excluding carboxylic acids is 3. The Balaban J connectivity index is 1.85. The van der Waals surface area contributed by atoms with Crippen molar-refractivity contribution in [1.82, 2.24) is 5.32 Å². The van der Waals surface area contributed by atoms with Crippen LogP contribution in [0.3, 0.4) is 0 Å². The van der Waals surface area contributed by atoms with Crippen molar-refractivity contribution in [2.24, 2.45) is 0 Å². The lowest BCUT2D eigenvalue weighted by Crippen LogP contribution is -2.42. The highest BCUT2D eigenvalue weighted by Gasteiger charge is 2.41. The summed E-state index contributed by atoms with van der Waals surface area (Å²) in [6.45, 7) is 8.97. The summed E-state index contributed by atoms with van der Waals surface area (Å²) >= 11 is 1.30. The molecule has 0 aromatic heterocycles. The second-order valence-corrected chi connectivity index (χ2v) is 9.94. The molecule has 1 heterocycles. The zero-order chi connectivity index (χ0) is 23.0. The molecule has 1 aromatic carbocycles. The summed E-state index contributed by atoms with van der Waals surface area (Å²) in [6, 6.07) is 5.91. The van der Waals surface area contributed by atoms with Gasteiger partial charge in [-0.1, -0.05) is 12.1 Å². The number of fused-ring (bicyclic) bond motifs is 1. The van der Waals surface area contributed by atoms with Crippen LogP contribution in [0.4, 0.5) is 4.79 Å². The maximum atomic E-state index is 12.5. The Morgan fingerprint density at radius 2 is 1.87 bits per heavy atom. The molecule has 1 fully saturated rings. The molecule has 1 unspecified atom stereocenters. The third-order valence-corrected chi connectivity index (χ3v) is 5.87. The first kappa shape index (κ1) is 23.2. The van der Waals surface area contributed by atoms with Crippen molar-refractivity contribution in [3.05, 3.63) is 40.5 Å². The Bertz CT molecular complexity index is 922. The highest BCUT2D eigenvalue weighted by molar-refractivity contribution is 8.07. The van der Waals surface area contributed by atoms with Gasteiger partial charge in [0.15, 0.2) is 5.57 Å². The van der Waals surface area contributed by atoms with Crippen LogP contribution in [0, 0.1) is 0 Å². The summed E-state index contributed by atoms with van der Waals surface area (Å²) < 4.78 is 15.9.